The molecule has 4 aliphatic rings. The molecule has 1 heterocycles. The van der Waals surface area contributed by atoms with Crippen LogP contribution in [0.1, 0.15) is 18.4 Å². The zero-order chi connectivity index (χ0) is 15.9. The van der Waals surface area contributed by atoms with E-state index in [-0.39, 0.29) is 47.4 Å². The zero-order valence-electron chi connectivity index (χ0n) is 12.3. The SMILES string of the molecule is O=C1[C@@H]2[C@H](C(=O)N1Cc1ccc(Cl)cc1Cl)[C@@H]1C=C[C@H]2C12CC2. The van der Waals surface area contributed by atoms with Crippen LogP contribution in [0.4, 0.5) is 0 Å². The quantitative estimate of drug-likeness (QED) is 0.604. The third-order valence-electron chi connectivity index (χ3n) is 6.29. The molecule has 4 atom stereocenters. The van der Waals surface area contributed by atoms with E-state index in [1.54, 1.807) is 18.2 Å². The summed E-state index contributed by atoms with van der Waals surface area (Å²) in [4.78, 5) is 27.2. The largest absolute Gasteiger partial charge is 0.278 e. The molecule has 1 spiro atoms. The van der Waals surface area contributed by atoms with E-state index >= 15 is 0 Å². The molecule has 0 N–H and O–H groups in total. The highest BCUT2D eigenvalue weighted by Crippen LogP contribution is 2.73. The second-order valence-electron chi connectivity index (χ2n) is 7.22. The Morgan fingerprint density at radius 1 is 1.04 bits per heavy atom. The fourth-order valence-electron chi connectivity index (χ4n) is 5.12. The molecule has 3 fully saturated rings. The number of carbonyl (C=O) groups is 2. The van der Waals surface area contributed by atoms with Crippen LogP contribution in [0.3, 0.4) is 0 Å². The van der Waals surface area contributed by atoms with Crippen molar-refractivity contribution in [1.29, 1.82) is 0 Å². The molecule has 0 radical (unpaired) electrons. The van der Waals surface area contributed by atoms with Gasteiger partial charge in [-0.3, -0.25) is 14.5 Å². The predicted octanol–water partition coefficient (Wildman–Crippen LogP) is 3.69. The van der Waals surface area contributed by atoms with Crippen LogP contribution in [-0.4, -0.2) is 16.7 Å². The van der Waals surface area contributed by atoms with Gasteiger partial charge in [0.2, 0.25) is 11.8 Å². The Labute approximate surface area is 144 Å². The summed E-state index contributed by atoms with van der Waals surface area (Å²) in [6.07, 6.45) is 6.68. The summed E-state index contributed by atoms with van der Waals surface area (Å²) < 4.78 is 0. The smallest absolute Gasteiger partial charge is 0.234 e. The second kappa shape index (κ2) is 4.40. The van der Waals surface area contributed by atoms with Crippen molar-refractivity contribution < 1.29 is 9.59 Å². The second-order valence-corrected chi connectivity index (χ2v) is 8.06. The first-order chi connectivity index (χ1) is 11.0. The molecule has 2 saturated carbocycles. The van der Waals surface area contributed by atoms with Crippen molar-refractivity contribution in [3.05, 3.63) is 46.0 Å². The number of hydrogen-bond donors (Lipinski definition) is 0. The Morgan fingerprint density at radius 2 is 1.65 bits per heavy atom. The predicted molar refractivity (Wildman–Crippen MR) is 86.8 cm³/mol. The molecular weight excluding hydrogens is 333 g/mol. The zero-order valence-corrected chi connectivity index (χ0v) is 13.8. The van der Waals surface area contributed by atoms with Gasteiger partial charge in [0, 0.05) is 10.0 Å². The summed E-state index contributed by atoms with van der Waals surface area (Å²) in [5.41, 5.74) is 1.00. The third kappa shape index (κ3) is 1.67. The number of allylic oxidation sites excluding steroid dienone is 2. The number of amides is 2. The minimum Gasteiger partial charge on any atom is -0.278 e. The van der Waals surface area contributed by atoms with Crippen LogP contribution < -0.4 is 0 Å². The van der Waals surface area contributed by atoms with E-state index in [2.05, 4.69) is 12.2 Å². The number of carbonyl (C=O) groups excluding carboxylic acids is 2. The number of imide groups is 1. The lowest BCUT2D eigenvalue weighted by Gasteiger charge is -2.22. The van der Waals surface area contributed by atoms with Crippen LogP contribution >= 0.6 is 23.2 Å². The van der Waals surface area contributed by atoms with E-state index in [9.17, 15) is 9.59 Å². The Kier molecular flexibility index (Phi) is 2.69. The number of fused-ring (bicyclic) bond motifs is 3. The van der Waals surface area contributed by atoms with Crippen molar-refractivity contribution in [3.8, 4) is 0 Å². The minimum absolute atomic E-state index is 0.0193. The molecular formula is C18H15Cl2NO2. The van der Waals surface area contributed by atoms with Gasteiger partial charge in [-0.05, 0) is 47.8 Å². The van der Waals surface area contributed by atoms with Gasteiger partial charge in [-0.1, -0.05) is 41.4 Å². The maximum Gasteiger partial charge on any atom is 0.234 e. The maximum absolute atomic E-state index is 12.9. The van der Waals surface area contributed by atoms with Crippen LogP contribution in [0.5, 0.6) is 0 Å². The maximum atomic E-state index is 12.9. The molecule has 5 rings (SSSR count). The highest BCUT2D eigenvalue weighted by molar-refractivity contribution is 6.35. The molecule has 2 amide bonds. The van der Waals surface area contributed by atoms with Crippen molar-refractivity contribution in [2.45, 2.75) is 19.4 Å². The van der Waals surface area contributed by atoms with Crippen molar-refractivity contribution in [2.24, 2.45) is 29.1 Å². The molecule has 0 aromatic heterocycles. The van der Waals surface area contributed by atoms with Crippen molar-refractivity contribution in [1.82, 2.24) is 4.90 Å². The normalized spacial score (nSPS) is 35.5. The summed E-state index contributed by atoms with van der Waals surface area (Å²) in [5.74, 6) is 0.194. The third-order valence-corrected chi connectivity index (χ3v) is 6.87. The molecule has 0 unspecified atom stereocenters. The number of benzene rings is 1. The van der Waals surface area contributed by atoms with Gasteiger partial charge in [0.15, 0.2) is 0 Å². The molecule has 118 valence electrons. The fourth-order valence-corrected chi connectivity index (χ4v) is 5.58. The lowest BCUT2D eigenvalue weighted by atomic mass is 9.85. The molecule has 3 nitrogen and oxygen atoms in total. The van der Waals surface area contributed by atoms with E-state index < -0.39 is 0 Å². The Bertz CT molecular complexity index is 749. The molecule has 3 aliphatic carbocycles. The van der Waals surface area contributed by atoms with E-state index in [4.69, 9.17) is 23.2 Å². The van der Waals surface area contributed by atoms with Gasteiger partial charge < -0.3 is 0 Å². The number of nitrogens with zero attached hydrogens (tertiary/aromatic N) is 1. The first kappa shape index (κ1) is 14.1. The van der Waals surface area contributed by atoms with Gasteiger partial charge in [0.25, 0.3) is 0 Å². The van der Waals surface area contributed by atoms with Gasteiger partial charge in [-0.25, -0.2) is 0 Å². The van der Waals surface area contributed by atoms with E-state index in [0.717, 1.165) is 18.4 Å². The first-order valence-corrected chi connectivity index (χ1v) is 8.76. The number of likely N-dealkylation sites (tertiary alicyclic amines) is 1. The molecule has 2 bridgehead atoms. The Morgan fingerprint density at radius 3 is 2.17 bits per heavy atom. The van der Waals surface area contributed by atoms with Crippen LogP contribution in [0, 0.1) is 29.1 Å². The summed E-state index contributed by atoms with van der Waals surface area (Å²) in [6, 6.07) is 5.17. The van der Waals surface area contributed by atoms with Crippen LogP contribution in [0.15, 0.2) is 30.4 Å². The molecule has 1 aromatic rings. The molecule has 1 aliphatic heterocycles. The fraction of sp³-hybridized carbons (Fsp3) is 0.444. The molecule has 1 aromatic carbocycles. The van der Waals surface area contributed by atoms with Crippen molar-refractivity contribution in [2.75, 3.05) is 0 Å². The summed E-state index contributed by atoms with van der Waals surface area (Å²) in [5, 5.41) is 1.04. The molecule has 23 heavy (non-hydrogen) atoms. The van der Waals surface area contributed by atoms with Gasteiger partial charge in [-0.15, -0.1) is 0 Å². The average Bonchev–Trinajstić information content (AvgIpc) is 3.12. The Balaban J connectivity index is 1.46. The van der Waals surface area contributed by atoms with Crippen LogP contribution in [0.2, 0.25) is 10.0 Å². The Hall–Kier alpha value is -1.32. The molecule has 1 saturated heterocycles. The average molecular weight is 348 g/mol. The van der Waals surface area contributed by atoms with Gasteiger partial charge in [0.1, 0.15) is 0 Å². The van der Waals surface area contributed by atoms with Crippen molar-refractivity contribution >= 4 is 35.0 Å². The number of hydrogen-bond acceptors (Lipinski definition) is 2. The van der Waals surface area contributed by atoms with Crippen LogP contribution in [0.25, 0.3) is 0 Å². The van der Waals surface area contributed by atoms with Crippen molar-refractivity contribution in [3.63, 3.8) is 0 Å². The monoisotopic (exact) mass is 347 g/mol. The lowest BCUT2D eigenvalue weighted by Crippen LogP contribution is -2.34. The minimum atomic E-state index is -0.147. The van der Waals surface area contributed by atoms with E-state index in [1.807, 2.05) is 0 Å². The standard InChI is InChI=1S/C18H15Cl2NO2/c19-10-2-1-9(13(20)7-10)8-21-16(22)14-11-3-4-12(15(14)17(21)23)18(11)5-6-18/h1-4,7,11-12,14-15H,5-6,8H2/t11-,12+,14+,15-. The van der Waals surface area contributed by atoms with Gasteiger partial charge in [-0.2, -0.15) is 0 Å². The van der Waals surface area contributed by atoms with Gasteiger partial charge >= 0.3 is 0 Å². The highest BCUT2D eigenvalue weighted by atomic mass is 35.5. The summed E-state index contributed by atoms with van der Waals surface area (Å²) in [6.45, 7) is 0.243. The lowest BCUT2D eigenvalue weighted by molar-refractivity contribution is -0.141. The summed E-state index contributed by atoms with van der Waals surface area (Å²) in [7, 11) is 0. The summed E-state index contributed by atoms with van der Waals surface area (Å²) >= 11 is 12.1. The topological polar surface area (TPSA) is 37.4 Å². The first-order valence-electron chi connectivity index (χ1n) is 8.00. The van der Waals surface area contributed by atoms with E-state index in [0.29, 0.717) is 10.0 Å². The van der Waals surface area contributed by atoms with E-state index in [1.165, 1.54) is 4.90 Å². The van der Waals surface area contributed by atoms with Crippen LogP contribution in [-0.2, 0) is 16.1 Å². The number of rotatable bonds is 2. The highest BCUT2D eigenvalue weighted by Gasteiger charge is 2.73. The van der Waals surface area contributed by atoms with Gasteiger partial charge in [0.05, 0.1) is 18.4 Å². The molecule has 5 heteroatoms. The number of halogens is 2.